The monoisotopic (exact) mass is 384 g/mol. The SMILES string of the molecule is Cc1cn([C@H]2C[C@H](NC(=O)c3c[nH]c4ccccc34)[C@@H](CO)O2)c(=O)[nH]c1=O. The molecular weight excluding hydrogens is 364 g/mol. The molecular formula is C19H20N4O5. The maximum atomic E-state index is 12.8. The number of aromatic nitrogens is 3. The zero-order valence-electron chi connectivity index (χ0n) is 15.1. The van der Waals surface area contributed by atoms with E-state index < -0.39 is 29.6 Å². The maximum Gasteiger partial charge on any atom is 0.330 e. The van der Waals surface area contributed by atoms with Gasteiger partial charge in [0.25, 0.3) is 11.5 Å². The molecule has 1 aliphatic heterocycles. The number of para-hydroxylation sites is 1. The fraction of sp³-hybridized carbons (Fsp3) is 0.316. The van der Waals surface area contributed by atoms with Crippen LogP contribution in [0.3, 0.4) is 0 Å². The topological polar surface area (TPSA) is 129 Å². The van der Waals surface area contributed by atoms with E-state index in [1.54, 1.807) is 13.1 Å². The molecule has 4 rings (SSSR count). The standard InChI is InChI=1S/C19H20N4O5/c1-10-8-23(19(27)22-17(10)25)16-6-14(15(9-24)28-16)21-18(26)12-7-20-13-5-3-2-4-11(12)13/h2-5,7-8,14-16,20,24H,6,9H2,1H3,(H,21,26)(H,22,25,27)/t14-,15+,16+/m0/s1. The summed E-state index contributed by atoms with van der Waals surface area (Å²) >= 11 is 0. The molecule has 3 heterocycles. The normalized spacial score (nSPS) is 21.9. The number of amides is 1. The number of fused-ring (bicyclic) bond motifs is 1. The van der Waals surface area contributed by atoms with E-state index in [-0.39, 0.29) is 18.9 Å². The molecule has 0 unspecified atom stereocenters. The second-order valence-corrected chi connectivity index (χ2v) is 6.85. The lowest BCUT2D eigenvalue weighted by Crippen LogP contribution is -2.41. The minimum Gasteiger partial charge on any atom is -0.394 e. The first-order valence-corrected chi connectivity index (χ1v) is 8.93. The molecule has 3 aromatic rings. The van der Waals surface area contributed by atoms with Crippen molar-refractivity contribution < 1.29 is 14.6 Å². The Hall–Kier alpha value is -3.17. The van der Waals surface area contributed by atoms with Gasteiger partial charge in [0.05, 0.1) is 18.2 Å². The van der Waals surface area contributed by atoms with Gasteiger partial charge >= 0.3 is 5.69 Å². The largest absolute Gasteiger partial charge is 0.394 e. The number of nitrogens with one attached hydrogen (secondary N) is 3. The third-order valence-corrected chi connectivity index (χ3v) is 5.02. The summed E-state index contributed by atoms with van der Waals surface area (Å²) in [6.45, 7) is 1.27. The molecule has 0 aliphatic carbocycles. The van der Waals surface area contributed by atoms with E-state index in [4.69, 9.17) is 4.74 Å². The molecule has 2 aromatic heterocycles. The van der Waals surface area contributed by atoms with Crippen molar-refractivity contribution in [2.24, 2.45) is 0 Å². The number of aromatic amines is 2. The number of carbonyl (C=O) groups excluding carboxylic acids is 1. The molecule has 146 valence electrons. The van der Waals surface area contributed by atoms with Crippen LogP contribution in [-0.4, -0.2) is 44.3 Å². The number of aliphatic hydroxyl groups excluding tert-OH is 1. The molecule has 28 heavy (non-hydrogen) atoms. The Morgan fingerprint density at radius 1 is 1.36 bits per heavy atom. The summed E-state index contributed by atoms with van der Waals surface area (Å²) in [7, 11) is 0. The van der Waals surface area contributed by atoms with Gasteiger partial charge in [-0.05, 0) is 13.0 Å². The Kier molecular flexibility index (Phi) is 4.62. The molecule has 1 aliphatic rings. The molecule has 0 saturated carbocycles. The number of hydrogen-bond donors (Lipinski definition) is 4. The molecule has 1 fully saturated rings. The van der Waals surface area contributed by atoms with Crippen molar-refractivity contribution >= 4 is 16.8 Å². The lowest BCUT2D eigenvalue weighted by atomic mass is 10.1. The predicted molar refractivity (Wildman–Crippen MR) is 101 cm³/mol. The van der Waals surface area contributed by atoms with Gasteiger partial charge in [-0.15, -0.1) is 0 Å². The van der Waals surface area contributed by atoms with Crippen molar-refractivity contribution in [2.45, 2.75) is 31.7 Å². The van der Waals surface area contributed by atoms with Crippen LogP contribution in [0.2, 0.25) is 0 Å². The summed E-state index contributed by atoms with van der Waals surface area (Å²) in [5.41, 5.74) is 0.660. The van der Waals surface area contributed by atoms with Crippen molar-refractivity contribution in [1.82, 2.24) is 19.9 Å². The summed E-state index contributed by atoms with van der Waals surface area (Å²) in [5.74, 6) is -0.296. The van der Waals surface area contributed by atoms with Crippen LogP contribution < -0.4 is 16.6 Å². The fourth-order valence-electron chi connectivity index (χ4n) is 3.53. The van der Waals surface area contributed by atoms with Gasteiger partial charge in [-0.2, -0.15) is 0 Å². The van der Waals surface area contributed by atoms with E-state index in [9.17, 15) is 19.5 Å². The van der Waals surface area contributed by atoms with Crippen molar-refractivity contribution in [2.75, 3.05) is 6.61 Å². The van der Waals surface area contributed by atoms with Crippen LogP contribution in [0.15, 0.2) is 46.2 Å². The first kappa shape index (κ1) is 18.2. The number of carbonyl (C=O) groups is 1. The minimum absolute atomic E-state index is 0.282. The third-order valence-electron chi connectivity index (χ3n) is 5.02. The minimum atomic E-state index is -0.700. The van der Waals surface area contributed by atoms with E-state index in [1.807, 2.05) is 24.3 Å². The number of aliphatic hydroxyl groups is 1. The molecule has 3 atom stereocenters. The highest BCUT2D eigenvalue weighted by molar-refractivity contribution is 6.06. The molecule has 0 spiro atoms. The highest BCUT2D eigenvalue weighted by atomic mass is 16.5. The van der Waals surface area contributed by atoms with Crippen LogP contribution in [0.4, 0.5) is 0 Å². The molecule has 9 heteroatoms. The van der Waals surface area contributed by atoms with Crippen molar-refractivity contribution in [3.05, 3.63) is 68.6 Å². The molecule has 0 radical (unpaired) electrons. The molecule has 1 aromatic carbocycles. The number of nitrogens with zero attached hydrogens (tertiary/aromatic N) is 1. The first-order valence-electron chi connectivity index (χ1n) is 8.93. The first-order chi connectivity index (χ1) is 13.5. The highest BCUT2D eigenvalue weighted by Crippen LogP contribution is 2.28. The molecule has 1 amide bonds. The van der Waals surface area contributed by atoms with Crippen LogP contribution in [0.25, 0.3) is 10.9 Å². The van der Waals surface area contributed by atoms with Crippen molar-refractivity contribution in [3.8, 4) is 0 Å². The summed E-state index contributed by atoms with van der Waals surface area (Å²) in [4.78, 5) is 41.7. The van der Waals surface area contributed by atoms with Crippen LogP contribution in [0.1, 0.15) is 28.6 Å². The summed E-state index contributed by atoms with van der Waals surface area (Å²) in [6, 6.07) is 6.96. The Bertz CT molecular complexity index is 1140. The van der Waals surface area contributed by atoms with E-state index in [0.29, 0.717) is 11.1 Å². The second-order valence-electron chi connectivity index (χ2n) is 6.85. The van der Waals surface area contributed by atoms with Gasteiger partial charge in [0.2, 0.25) is 0 Å². The lowest BCUT2D eigenvalue weighted by Gasteiger charge is -2.17. The molecule has 1 saturated heterocycles. The van der Waals surface area contributed by atoms with Gasteiger partial charge in [0.15, 0.2) is 0 Å². The Morgan fingerprint density at radius 3 is 2.93 bits per heavy atom. The zero-order valence-corrected chi connectivity index (χ0v) is 15.1. The zero-order chi connectivity index (χ0) is 19.8. The Labute approximate surface area is 159 Å². The van der Waals surface area contributed by atoms with E-state index >= 15 is 0 Å². The third kappa shape index (κ3) is 3.14. The van der Waals surface area contributed by atoms with Gasteiger partial charge in [0.1, 0.15) is 12.3 Å². The second kappa shape index (κ2) is 7.10. The molecule has 9 nitrogen and oxygen atoms in total. The van der Waals surface area contributed by atoms with Crippen molar-refractivity contribution in [3.63, 3.8) is 0 Å². The number of H-pyrrole nitrogens is 2. The van der Waals surface area contributed by atoms with E-state index in [2.05, 4.69) is 15.3 Å². The van der Waals surface area contributed by atoms with Gasteiger partial charge in [-0.3, -0.25) is 19.1 Å². The Morgan fingerprint density at radius 2 is 2.14 bits per heavy atom. The van der Waals surface area contributed by atoms with Gasteiger partial charge < -0.3 is 20.1 Å². The van der Waals surface area contributed by atoms with Crippen LogP contribution in [0, 0.1) is 6.92 Å². The Balaban J connectivity index is 1.57. The predicted octanol–water partition coefficient (Wildman–Crippen LogP) is 0.405. The van der Waals surface area contributed by atoms with Gasteiger partial charge in [0, 0.05) is 35.3 Å². The van der Waals surface area contributed by atoms with Crippen molar-refractivity contribution in [1.29, 1.82) is 0 Å². The summed E-state index contributed by atoms with van der Waals surface area (Å²) < 4.78 is 7.03. The number of hydrogen-bond acceptors (Lipinski definition) is 5. The van der Waals surface area contributed by atoms with Crippen LogP contribution in [0.5, 0.6) is 0 Å². The van der Waals surface area contributed by atoms with Gasteiger partial charge in [-0.1, -0.05) is 18.2 Å². The van der Waals surface area contributed by atoms with Crippen LogP contribution in [-0.2, 0) is 4.74 Å². The summed E-state index contributed by atoms with van der Waals surface area (Å²) in [6.07, 6.45) is 1.97. The van der Waals surface area contributed by atoms with E-state index in [1.165, 1.54) is 10.8 Å². The summed E-state index contributed by atoms with van der Waals surface area (Å²) in [5, 5.41) is 13.3. The molecule has 0 bridgehead atoms. The maximum absolute atomic E-state index is 12.8. The number of benzene rings is 1. The number of aryl methyl sites for hydroxylation is 1. The highest BCUT2D eigenvalue weighted by Gasteiger charge is 2.37. The fourth-order valence-corrected chi connectivity index (χ4v) is 3.53. The average molecular weight is 384 g/mol. The average Bonchev–Trinajstić information content (AvgIpc) is 3.28. The van der Waals surface area contributed by atoms with Gasteiger partial charge in [-0.25, -0.2) is 4.79 Å². The lowest BCUT2D eigenvalue weighted by molar-refractivity contribution is -0.0287. The quantitative estimate of drug-likeness (QED) is 0.518. The smallest absolute Gasteiger partial charge is 0.330 e. The number of ether oxygens (including phenoxy) is 1. The number of rotatable bonds is 4. The van der Waals surface area contributed by atoms with E-state index in [0.717, 1.165) is 10.9 Å². The molecule has 4 N–H and O–H groups in total. The van der Waals surface area contributed by atoms with Crippen LogP contribution >= 0.6 is 0 Å².